The molecule has 1 unspecified atom stereocenters. The highest BCUT2D eigenvalue weighted by Gasteiger charge is 2.32. The Bertz CT molecular complexity index is 1040. The monoisotopic (exact) mass is 376 g/mol. The summed E-state index contributed by atoms with van der Waals surface area (Å²) in [5.74, 6) is -0.0139. The maximum atomic E-state index is 14.0. The van der Waals surface area contributed by atoms with Crippen LogP contribution in [-0.4, -0.2) is 40.4 Å². The minimum Gasteiger partial charge on any atom is -0.329 e. The van der Waals surface area contributed by atoms with Gasteiger partial charge in [0.15, 0.2) is 0 Å². The first kappa shape index (κ1) is 17.3. The van der Waals surface area contributed by atoms with Crippen LogP contribution in [0.4, 0.5) is 4.39 Å². The van der Waals surface area contributed by atoms with Crippen LogP contribution in [0.5, 0.6) is 0 Å². The van der Waals surface area contributed by atoms with Crippen molar-refractivity contribution in [2.24, 2.45) is 0 Å². The van der Waals surface area contributed by atoms with Gasteiger partial charge < -0.3 is 10.2 Å². The van der Waals surface area contributed by atoms with Crippen LogP contribution in [0.2, 0.25) is 0 Å². The fourth-order valence-corrected chi connectivity index (χ4v) is 3.96. The van der Waals surface area contributed by atoms with E-state index in [4.69, 9.17) is 0 Å². The first-order valence-corrected chi connectivity index (χ1v) is 9.72. The lowest BCUT2D eigenvalue weighted by atomic mass is 10.0. The third-order valence-corrected chi connectivity index (χ3v) is 5.59. The molecule has 1 aliphatic heterocycles. The lowest BCUT2D eigenvalue weighted by Crippen LogP contribution is -2.48. The van der Waals surface area contributed by atoms with Crippen LogP contribution in [-0.2, 0) is 0 Å². The standard InChI is InChI=1S/C22H21FN4O/c23-16-5-6-19-17(10-16)18(11-20(26-19)14-3-4-14)22(28)27-9-8-25-13-21(27)15-2-1-7-24-12-15/h1-2,5-7,10-12,14,21,25H,3-4,8-9,13H2. The van der Waals surface area contributed by atoms with Gasteiger partial charge in [-0.2, -0.15) is 0 Å². The first-order chi connectivity index (χ1) is 13.7. The summed E-state index contributed by atoms with van der Waals surface area (Å²) in [6, 6.07) is 10.2. The number of hydrogen-bond acceptors (Lipinski definition) is 4. The molecule has 3 heterocycles. The lowest BCUT2D eigenvalue weighted by molar-refractivity contribution is 0.0636. The van der Waals surface area contributed by atoms with E-state index in [0.29, 0.717) is 35.5 Å². The van der Waals surface area contributed by atoms with Gasteiger partial charge in [0.2, 0.25) is 0 Å². The zero-order valence-corrected chi connectivity index (χ0v) is 15.4. The molecule has 1 aliphatic carbocycles. The molecule has 1 amide bonds. The van der Waals surface area contributed by atoms with Crippen molar-refractivity contribution in [1.82, 2.24) is 20.2 Å². The van der Waals surface area contributed by atoms with Gasteiger partial charge in [0.1, 0.15) is 5.82 Å². The molecule has 3 aromatic rings. The van der Waals surface area contributed by atoms with Gasteiger partial charge >= 0.3 is 0 Å². The van der Waals surface area contributed by atoms with Crippen LogP contribution < -0.4 is 5.32 Å². The Morgan fingerprint density at radius 3 is 2.89 bits per heavy atom. The number of carbonyl (C=O) groups is 1. The third kappa shape index (κ3) is 3.14. The molecule has 1 N–H and O–H groups in total. The van der Waals surface area contributed by atoms with E-state index in [1.807, 2.05) is 23.1 Å². The Morgan fingerprint density at radius 2 is 2.11 bits per heavy atom. The fourth-order valence-electron chi connectivity index (χ4n) is 3.96. The van der Waals surface area contributed by atoms with Gasteiger partial charge in [0, 0.05) is 49.0 Å². The van der Waals surface area contributed by atoms with Gasteiger partial charge in [0.05, 0.1) is 17.1 Å². The zero-order valence-electron chi connectivity index (χ0n) is 15.4. The van der Waals surface area contributed by atoms with E-state index in [-0.39, 0.29) is 17.8 Å². The highest BCUT2D eigenvalue weighted by molar-refractivity contribution is 6.06. The predicted octanol–water partition coefficient (Wildman–Crippen LogP) is 3.43. The number of carbonyl (C=O) groups excluding carboxylic acids is 1. The number of pyridine rings is 2. The topological polar surface area (TPSA) is 58.1 Å². The van der Waals surface area contributed by atoms with Crippen LogP contribution in [0.3, 0.4) is 0 Å². The second-order valence-electron chi connectivity index (χ2n) is 7.54. The largest absolute Gasteiger partial charge is 0.329 e. The molecule has 1 saturated carbocycles. The highest BCUT2D eigenvalue weighted by Crippen LogP contribution is 2.40. The van der Waals surface area contributed by atoms with Crippen molar-refractivity contribution < 1.29 is 9.18 Å². The van der Waals surface area contributed by atoms with Crippen LogP contribution in [0.25, 0.3) is 10.9 Å². The molecule has 0 radical (unpaired) electrons. The van der Waals surface area contributed by atoms with E-state index in [2.05, 4.69) is 15.3 Å². The molecule has 5 nitrogen and oxygen atoms in total. The summed E-state index contributed by atoms with van der Waals surface area (Å²) in [4.78, 5) is 24.4. The Balaban J connectivity index is 1.60. The molecule has 6 heteroatoms. The molecule has 1 atom stereocenters. The van der Waals surface area contributed by atoms with Crippen molar-refractivity contribution in [3.05, 3.63) is 71.4 Å². The fraction of sp³-hybridized carbons (Fsp3) is 0.318. The number of piperazine rings is 1. The van der Waals surface area contributed by atoms with Crippen LogP contribution in [0.1, 0.15) is 46.4 Å². The summed E-state index contributed by atoms with van der Waals surface area (Å²) in [5.41, 5.74) is 3.16. The van der Waals surface area contributed by atoms with Crippen molar-refractivity contribution in [3.63, 3.8) is 0 Å². The van der Waals surface area contributed by atoms with E-state index in [1.165, 1.54) is 12.1 Å². The Hall–Kier alpha value is -2.86. The molecular weight excluding hydrogens is 355 g/mol. The van der Waals surface area contributed by atoms with Crippen molar-refractivity contribution in [2.45, 2.75) is 24.8 Å². The molecule has 0 bridgehead atoms. The predicted molar refractivity (Wildman–Crippen MR) is 105 cm³/mol. The van der Waals surface area contributed by atoms with Gasteiger partial charge in [-0.25, -0.2) is 4.39 Å². The Morgan fingerprint density at radius 1 is 1.21 bits per heavy atom. The number of nitrogens with one attached hydrogen (secondary N) is 1. The van der Waals surface area contributed by atoms with Crippen molar-refractivity contribution in [1.29, 1.82) is 0 Å². The molecule has 5 rings (SSSR count). The Labute approximate surface area is 162 Å². The molecule has 1 saturated heterocycles. The molecule has 2 aliphatic rings. The maximum Gasteiger partial charge on any atom is 0.255 e. The molecule has 2 fully saturated rings. The number of benzene rings is 1. The molecular formula is C22H21FN4O. The summed E-state index contributed by atoms with van der Waals surface area (Å²) < 4.78 is 14.0. The van der Waals surface area contributed by atoms with Crippen molar-refractivity contribution in [3.8, 4) is 0 Å². The number of aromatic nitrogens is 2. The summed E-state index contributed by atoms with van der Waals surface area (Å²) in [6.45, 7) is 2.00. The van der Waals surface area contributed by atoms with E-state index in [1.54, 1.807) is 18.5 Å². The minimum absolute atomic E-state index is 0.0738. The summed E-state index contributed by atoms with van der Waals surface area (Å²) in [6.07, 6.45) is 5.73. The van der Waals surface area contributed by atoms with E-state index >= 15 is 0 Å². The second-order valence-corrected chi connectivity index (χ2v) is 7.54. The number of hydrogen-bond donors (Lipinski definition) is 1. The van der Waals surface area contributed by atoms with Gasteiger partial charge in [-0.3, -0.25) is 14.8 Å². The normalized spacial score (nSPS) is 19.8. The summed E-state index contributed by atoms with van der Waals surface area (Å²) in [7, 11) is 0. The molecule has 0 spiro atoms. The van der Waals surface area contributed by atoms with E-state index in [9.17, 15) is 9.18 Å². The molecule has 2 aromatic heterocycles. The quantitative estimate of drug-likeness (QED) is 0.761. The highest BCUT2D eigenvalue weighted by atomic mass is 19.1. The third-order valence-electron chi connectivity index (χ3n) is 5.59. The maximum absolute atomic E-state index is 14.0. The molecule has 142 valence electrons. The molecule has 1 aromatic carbocycles. The SMILES string of the molecule is O=C(c1cc(C2CC2)nc2ccc(F)cc12)N1CCNCC1c1cccnc1. The average Bonchev–Trinajstić information content (AvgIpc) is 3.59. The minimum atomic E-state index is -0.355. The number of fused-ring (bicyclic) bond motifs is 1. The van der Waals surface area contributed by atoms with Crippen LogP contribution in [0, 0.1) is 5.82 Å². The van der Waals surface area contributed by atoms with Crippen molar-refractivity contribution >= 4 is 16.8 Å². The number of rotatable bonds is 3. The van der Waals surface area contributed by atoms with Gasteiger partial charge in [-0.05, 0) is 48.7 Å². The average molecular weight is 376 g/mol. The van der Waals surface area contributed by atoms with Gasteiger partial charge in [-0.1, -0.05) is 6.07 Å². The second kappa shape index (κ2) is 6.95. The van der Waals surface area contributed by atoms with Crippen LogP contribution in [0.15, 0.2) is 48.8 Å². The number of amides is 1. The van der Waals surface area contributed by atoms with E-state index < -0.39 is 0 Å². The smallest absolute Gasteiger partial charge is 0.255 e. The molecule has 28 heavy (non-hydrogen) atoms. The first-order valence-electron chi connectivity index (χ1n) is 9.72. The van der Waals surface area contributed by atoms with Crippen molar-refractivity contribution in [2.75, 3.05) is 19.6 Å². The Kier molecular flexibility index (Phi) is 4.28. The van der Waals surface area contributed by atoms with Gasteiger partial charge in [0.25, 0.3) is 5.91 Å². The van der Waals surface area contributed by atoms with Gasteiger partial charge in [-0.15, -0.1) is 0 Å². The summed E-state index contributed by atoms with van der Waals surface area (Å²) in [5, 5.41) is 3.94. The number of halogens is 1. The summed E-state index contributed by atoms with van der Waals surface area (Å²) >= 11 is 0. The van der Waals surface area contributed by atoms with E-state index in [0.717, 1.165) is 30.6 Å². The zero-order chi connectivity index (χ0) is 19.1. The van der Waals surface area contributed by atoms with Crippen LogP contribution >= 0.6 is 0 Å². The number of nitrogens with zero attached hydrogens (tertiary/aromatic N) is 3. The lowest BCUT2D eigenvalue weighted by Gasteiger charge is -2.36.